The van der Waals surface area contributed by atoms with E-state index in [2.05, 4.69) is 49.8 Å². The molecular weight excluding hydrogens is 244 g/mol. The largest absolute Gasteiger partial charge is 0.336 e. The summed E-state index contributed by atoms with van der Waals surface area (Å²) in [6.07, 6.45) is 0.617. The molecule has 2 unspecified atom stereocenters. The average molecular weight is 266 g/mol. The van der Waals surface area contributed by atoms with Gasteiger partial charge in [0.05, 0.1) is 0 Å². The van der Waals surface area contributed by atoms with Gasteiger partial charge in [-0.05, 0) is 50.1 Å². The van der Waals surface area contributed by atoms with Crippen LogP contribution in [0.5, 0.6) is 0 Å². The van der Waals surface area contributed by atoms with Crippen molar-refractivity contribution >= 4 is 17.2 Å². The lowest BCUT2D eigenvalue weighted by Crippen LogP contribution is -2.44. The van der Waals surface area contributed by atoms with E-state index in [-0.39, 0.29) is 17.5 Å². The maximum atomic E-state index is 12.0. The number of rotatable bonds is 3. The predicted molar refractivity (Wildman–Crippen MR) is 75.7 cm³/mol. The number of nitrogens with zero attached hydrogens (tertiary/aromatic N) is 1. The van der Waals surface area contributed by atoms with E-state index in [0.29, 0.717) is 12.5 Å². The summed E-state index contributed by atoms with van der Waals surface area (Å²) in [4.78, 5) is 14.0. The average Bonchev–Trinajstić information content (AvgIpc) is 2.85. The van der Waals surface area contributed by atoms with E-state index in [1.165, 1.54) is 5.56 Å². The maximum absolute atomic E-state index is 12.0. The second-order valence-electron chi connectivity index (χ2n) is 6.02. The van der Waals surface area contributed by atoms with Crippen molar-refractivity contribution in [2.24, 2.45) is 0 Å². The standard InChI is InChI=1S/C14H22N2OS/c1-10(11-5-6-18-9-11)15-12-7-13(17)16(8-12)14(2,3)4/h5-6,9-10,12,15H,7-8H2,1-4H3. The lowest BCUT2D eigenvalue weighted by Gasteiger charge is -2.32. The molecule has 0 aliphatic carbocycles. The number of amides is 1. The summed E-state index contributed by atoms with van der Waals surface area (Å²) >= 11 is 1.71. The minimum Gasteiger partial charge on any atom is -0.336 e. The minimum absolute atomic E-state index is 0.0703. The number of thiophene rings is 1. The molecule has 2 heterocycles. The van der Waals surface area contributed by atoms with Gasteiger partial charge in [-0.1, -0.05) is 0 Å². The number of carbonyl (C=O) groups excluding carboxylic acids is 1. The summed E-state index contributed by atoms with van der Waals surface area (Å²) in [5.41, 5.74) is 1.24. The van der Waals surface area contributed by atoms with Crippen LogP contribution in [0.15, 0.2) is 16.8 Å². The van der Waals surface area contributed by atoms with Gasteiger partial charge in [0, 0.05) is 30.6 Å². The second-order valence-corrected chi connectivity index (χ2v) is 6.80. The Morgan fingerprint density at radius 1 is 1.50 bits per heavy atom. The summed E-state index contributed by atoms with van der Waals surface area (Å²) in [5.74, 6) is 0.262. The van der Waals surface area contributed by atoms with Gasteiger partial charge in [-0.3, -0.25) is 4.79 Å². The molecule has 100 valence electrons. The number of hydrogen-bond donors (Lipinski definition) is 1. The quantitative estimate of drug-likeness (QED) is 0.912. The molecule has 2 rings (SSSR count). The molecule has 1 fully saturated rings. The molecule has 0 bridgehead atoms. The van der Waals surface area contributed by atoms with Gasteiger partial charge in [-0.2, -0.15) is 11.3 Å². The fourth-order valence-electron chi connectivity index (χ4n) is 2.44. The fourth-order valence-corrected chi connectivity index (χ4v) is 3.19. The van der Waals surface area contributed by atoms with Crippen LogP contribution < -0.4 is 5.32 Å². The van der Waals surface area contributed by atoms with Crippen LogP contribution in [-0.2, 0) is 4.79 Å². The molecule has 0 spiro atoms. The van der Waals surface area contributed by atoms with Gasteiger partial charge in [-0.25, -0.2) is 0 Å². The highest BCUT2D eigenvalue weighted by Gasteiger charge is 2.36. The molecule has 1 amide bonds. The summed E-state index contributed by atoms with van der Waals surface area (Å²) in [5, 5.41) is 7.81. The van der Waals surface area contributed by atoms with E-state index >= 15 is 0 Å². The highest BCUT2D eigenvalue weighted by Crippen LogP contribution is 2.24. The Hall–Kier alpha value is -0.870. The zero-order chi connectivity index (χ0) is 13.3. The van der Waals surface area contributed by atoms with Crippen LogP contribution in [0.4, 0.5) is 0 Å². The number of nitrogens with one attached hydrogen (secondary N) is 1. The molecule has 1 aromatic heterocycles. The molecule has 1 aromatic rings. The van der Waals surface area contributed by atoms with E-state index in [1.54, 1.807) is 11.3 Å². The Morgan fingerprint density at radius 2 is 2.22 bits per heavy atom. The highest BCUT2D eigenvalue weighted by atomic mass is 32.1. The first-order valence-corrected chi connectivity index (χ1v) is 7.41. The van der Waals surface area contributed by atoms with Gasteiger partial charge in [0.15, 0.2) is 0 Å². The summed E-state index contributed by atoms with van der Waals surface area (Å²) in [7, 11) is 0. The van der Waals surface area contributed by atoms with Crippen molar-refractivity contribution in [2.45, 2.75) is 51.7 Å². The Bertz CT molecular complexity index is 408. The van der Waals surface area contributed by atoms with Crippen LogP contribution in [0, 0.1) is 0 Å². The zero-order valence-electron chi connectivity index (χ0n) is 11.6. The Kier molecular flexibility index (Phi) is 3.78. The van der Waals surface area contributed by atoms with Crippen molar-refractivity contribution in [1.29, 1.82) is 0 Å². The van der Waals surface area contributed by atoms with Crippen LogP contribution in [0.25, 0.3) is 0 Å². The molecule has 1 aliphatic heterocycles. The number of likely N-dealkylation sites (tertiary alicyclic amines) is 1. The molecule has 1 N–H and O–H groups in total. The highest BCUT2D eigenvalue weighted by molar-refractivity contribution is 7.07. The van der Waals surface area contributed by atoms with E-state index in [1.807, 2.05) is 4.90 Å². The monoisotopic (exact) mass is 266 g/mol. The first-order valence-electron chi connectivity index (χ1n) is 6.46. The van der Waals surface area contributed by atoms with Gasteiger partial charge < -0.3 is 10.2 Å². The van der Waals surface area contributed by atoms with Gasteiger partial charge in [0.2, 0.25) is 5.91 Å². The lowest BCUT2D eigenvalue weighted by atomic mass is 10.1. The van der Waals surface area contributed by atoms with Crippen molar-refractivity contribution in [3.05, 3.63) is 22.4 Å². The lowest BCUT2D eigenvalue weighted by molar-refractivity contribution is -0.131. The van der Waals surface area contributed by atoms with Crippen molar-refractivity contribution in [3.8, 4) is 0 Å². The predicted octanol–water partition coefficient (Wildman–Crippen LogP) is 2.80. The third-order valence-electron chi connectivity index (χ3n) is 3.46. The Labute approximate surface area is 113 Å². The summed E-state index contributed by atoms with van der Waals surface area (Å²) < 4.78 is 0. The third-order valence-corrected chi connectivity index (χ3v) is 4.17. The fraction of sp³-hybridized carbons (Fsp3) is 0.643. The molecular formula is C14H22N2OS. The third kappa shape index (κ3) is 2.93. The molecule has 18 heavy (non-hydrogen) atoms. The van der Waals surface area contributed by atoms with Crippen LogP contribution in [0.2, 0.25) is 0 Å². The SMILES string of the molecule is CC(NC1CC(=O)N(C(C)(C)C)C1)c1ccsc1. The van der Waals surface area contributed by atoms with Gasteiger partial charge in [0.25, 0.3) is 0 Å². The van der Waals surface area contributed by atoms with Crippen molar-refractivity contribution < 1.29 is 4.79 Å². The van der Waals surface area contributed by atoms with Crippen molar-refractivity contribution in [3.63, 3.8) is 0 Å². The molecule has 3 nitrogen and oxygen atoms in total. The Morgan fingerprint density at radius 3 is 2.72 bits per heavy atom. The van der Waals surface area contributed by atoms with E-state index < -0.39 is 0 Å². The summed E-state index contributed by atoms with van der Waals surface area (Å²) in [6, 6.07) is 2.72. The molecule has 0 saturated carbocycles. The first-order chi connectivity index (χ1) is 8.38. The van der Waals surface area contributed by atoms with Gasteiger partial charge in [0.1, 0.15) is 0 Å². The minimum atomic E-state index is -0.0703. The molecule has 1 saturated heterocycles. The molecule has 4 heteroatoms. The van der Waals surface area contributed by atoms with E-state index in [0.717, 1.165) is 6.54 Å². The van der Waals surface area contributed by atoms with Crippen LogP contribution in [0.1, 0.15) is 45.7 Å². The zero-order valence-corrected chi connectivity index (χ0v) is 12.4. The number of hydrogen-bond acceptors (Lipinski definition) is 3. The molecule has 2 atom stereocenters. The summed E-state index contributed by atoms with van der Waals surface area (Å²) in [6.45, 7) is 9.25. The van der Waals surface area contributed by atoms with Crippen LogP contribution >= 0.6 is 11.3 Å². The van der Waals surface area contributed by atoms with Gasteiger partial charge in [-0.15, -0.1) is 0 Å². The van der Waals surface area contributed by atoms with Gasteiger partial charge >= 0.3 is 0 Å². The van der Waals surface area contributed by atoms with Crippen LogP contribution in [0.3, 0.4) is 0 Å². The second kappa shape index (κ2) is 5.02. The van der Waals surface area contributed by atoms with Crippen molar-refractivity contribution in [1.82, 2.24) is 10.2 Å². The topological polar surface area (TPSA) is 32.3 Å². The number of carbonyl (C=O) groups is 1. The smallest absolute Gasteiger partial charge is 0.224 e. The Balaban J connectivity index is 1.95. The maximum Gasteiger partial charge on any atom is 0.224 e. The van der Waals surface area contributed by atoms with Crippen LogP contribution in [-0.4, -0.2) is 28.9 Å². The first kappa shape index (κ1) is 13.6. The molecule has 0 radical (unpaired) electrons. The van der Waals surface area contributed by atoms with E-state index in [9.17, 15) is 4.79 Å². The molecule has 0 aromatic carbocycles. The molecule has 1 aliphatic rings. The van der Waals surface area contributed by atoms with E-state index in [4.69, 9.17) is 0 Å². The normalized spacial score (nSPS) is 22.6. The van der Waals surface area contributed by atoms with Crippen molar-refractivity contribution in [2.75, 3.05) is 6.54 Å².